The summed E-state index contributed by atoms with van der Waals surface area (Å²) in [6, 6.07) is 1.86. The van der Waals surface area contributed by atoms with Gasteiger partial charge >= 0.3 is 5.97 Å². The molecule has 2 aromatic rings. The van der Waals surface area contributed by atoms with Gasteiger partial charge in [0.05, 0.1) is 17.2 Å². The number of aryl methyl sites for hydroxylation is 2. The molecular formula is C14H19N3O3S. The fourth-order valence-corrected chi connectivity index (χ4v) is 3.11. The maximum atomic E-state index is 12.1. The Morgan fingerprint density at radius 3 is 2.90 bits per heavy atom. The number of rotatable bonds is 6. The van der Waals surface area contributed by atoms with Gasteiger partial charge in [-0.1, -0.05) is 0 Å². The third-order valence-electron chi connectivity index (χ3n) is 3.07. The Bertz CT molecular complexity index is 625. The first-order valence-electron chi connectivity index (χ1n) is 6.90. The SMILES string of the molecule is CCOC(=O)CCCNC(=O)c1cc2c(C)nn(C)c2s1. The highest BCUT2D eigenvalue weighted by Gasteiger charge is 2.14. The molecular weight excluding hydrogens is 290 g/mol. The molecule has 7 heteroatoms. The van der Waals surface area contributed by atoms with Gasteiger partial charge in [0.2, 0.25) is 0 Å². The molecule has 0 aliphatic heterocycles. The smallest absolute Gasteiger partial charge is 0.305 e. The van der Waals surface area contributed by atoms with Gasteiger partial charge in [-0.05, 0) is 26.3 Å². The standard InChI is InChI=1S/C14H19N3O3S/c1-4-20-12(18)6-5-7-15-13(19)11-8-10-9(2)16-17(3)14(10)21-11/h8H,4-7H2,1-3H3,(H,15,19). The molecule has 0 saturated carbocycles. The number of nitrogens with one attached hydrogen (secondary N) is 1. The molecule has 0 aliphatic carbocycles. The molecule has 114 valence electrons. The summed E-state index contributed by atoms with van der Waals surface area (Å²) in [7, 11) is 1.87. The van der Waals surface area contributed by atoms with E-state index in [4.69, 9.17) is 4.74 Å². The van der Waals surface area contributed by atoms with E-state index in [1.54, 1.807) is 11.6 Å². The van der Waals surface area contributed by atoms with Crippen molar-refractivity contribution in [2.24, 2.45) is 7.05 Å². The highest BCUT2D eigenvalue weighted by atomic mass is 32.1. The molecule has 0 unspecified atom stereocenters. The Morgan fingerprint density at radius 1 is 1.48 bits per heavy atom. The van der Waals surface area contributed by atoms with E-state index in [1.807, 2.05) is 20.0 Å². The van der Waals surface area contributed by atoms with Crippen molar-refractivity contribution >= 4 is 33.4 Å². The summed E-state index contributed by atoms with van der Waals surface area (Å²) in [4.78, 5) is 24.9. The summed E-state index contributed by atoms with van der Waals surface area (Å²) < 4.78 is 6.61. The third-order valence-corrected chi connectivity index (χ3v) is 4.27. The van der Waals surface area contributed by atoms with Gasteiger partial charge in [-0.15, -0.1) is 11.3 Å². The van der Waals surface area contributed by atoms with Crippen molar-refractivity contribution in [3.8, 4) is 0 Å². The normalized spacial score (nSPS) is 10.8. The first kappa shape index (κ1) is 15.5. The molecule has 0 aliphatic rings. The van der Waals surface area contributed by atoms with Crippen LogP contribution in [0.25, 0.3) is 10.2 Å². The molecule has 0 radical (unpaired) electrons. The van der Waals surface area contributed by atoms with E-state index in [0.717, 1.165) is 15.9 Å². The second-order valence-electron chi connectivity index (χ2n) is 4.70. The van der Waals surface area contributed by atoms with Gasteiger partial charge in [-0.25, -0.2) is 0 Å². The van der Waals surface area contributed by atoms with Crippen molar-refractivity contribution in [3.05, 3.63) is 16.6 Å². The zero-order valence-electron chi connectivity index (χ0n) is 12.4. The molecule has 2 heterocycles. The first-order chi connectivity index (χ1) is 10.0. The number of carbonyl (C=O) groups excluding carboxylic acids is 2. The van der Waals surface area contributed by atoms with Crippen LogP contribution < -0.4 is 5.32 Å². The molecule has 6 nitrogen and oxygen atoms in total. The van der Waals surface area contributed by atoms with Crippen LogP contribution in [0.2, 0.25) is 0 Å². The minimum Gasteiger partial charge on any atom is -0.466 e. The molecule has 0 fully saturated rings. The summed E-state index contributed by atoms with van der Waals surface area (Å²) in [5, 5.41) is 8.14. The van der Waals surface area contributed by atoms with E-state index in [-0.39, 0.29) is 11.9 Å². The molecule has 0 spiro atoms. The number of ether oxygens (including phenoxy) is 1. The molecule has 1 amide bonds. The Morgan fingerprint density at radius 2 is 2.24 bits per heavy atom. The van der Waals surface area contributed by atoms with Crippen molar-refractivity contribution < 1.29 is 14.3 Å². The number of hydrogen-bond donors (Lipinski definition) is 1. The maximum absolute atomic E-state index is 12.1. The van der Waals surface area contributed by atoms with Gasteiger partial charge in [0.15, 0.2) is 0 Å². The number of thiophene rings is 1. The van der Waals surface area contributed by atoms with Crippen LogP contribution in [-0.4, -0.2) is 34.8 Å². The fraction of sp³-hybridized carbons (Fsp3) is 0.500. The van der Waals surface area contributed by atoms with E-state index in [9.17, 15) is 9.59 Å². The Hall–Kier alpha value is -1.89. The van der Waals surface area contributed by atoms with E-state index in [2.05, 4.69) is 10.4 Å². The zero-order valence-corrected chi connectivity index (χ0v) is 13.2. The molecule has 0 aromatic carbocycles. The quantitative estimate of drug-likeness (QED) is 0.654. The summed E-state index contributed by atoms with van der Waals surface area (Å²) in [5.41, 5.74) is 0.921. The predicted molar refractivity (Wildman–Crippen MR) is 81.5 cm³/mol. The minimum absolute atomic E-state index is 0.112. The maximum Gasteiger partial charge on any atom is 0.305 e. The highest BCUT2D eigenvalue weighted by molar-refractivity contribution is 7.20. The lowest BCUT2D eigenvalue weighted by molar-refractivity contribution is -0.143. The molecule has 0 atom stereocenters. The minimum atomic E-state index is -0.227. The largest absolute Gasteiger partial charge is 0.466 e. The molecule has 21 heavy (non-hydrogen) atoms. The van der Waals surface area contributed by atoms with Crippen molar-refractivity contribution in [3.63, 3.8) is 0 Å². The van der Waals surface area contributed by atoms with Crippen LogP contribution in [-0.2, 0) is 16.6 Å². The van der Waals surface area contributed by atoms with Crippen molar-refractivity contribution in [1.82, 2.24) is 15.1 Å². The van der Waals surface area contributed by atoms with Gasteiger partial charge in [-0.2, -0.15) is 5.10 Å². The van der Waals surface area contributed by atoms with Crippen molar-refractivity contribution in [1.29, 1.82) is 0 Å². The summed E-state index contributed by atoms with van der Waals surface area (Å²) in [6.07, 6.45) is 0.902. The average Bonchev–Trinajstić information content (AvgIpc) is 2.98. The lowest BCUT2D eigenvalue weighted by Gasteiger charge is -2.03. The zero-order chi connectivity index (χ0) is 15.4. The average molecular weight is 309 g/mol. The van der Waals surface area contributed by atoms with Crippen LogP contribution in [0.15, 0.2) is 6.07 Å². The molecule has 2 rings (SSSR count). The van der Waals surface area contributed by atoms with E-state index < -0.39 is 0 Å². The van der Waals surface area contributed by atoms with Crippen LogP contribution in [0.3, 0.4) is 0 Å². The number of carbonyl (C=O) groups is 2. The third kappa shape index (κ3) is 3.60. The first-order valence-corrected chi connectivity index (χ1v) is 7.71. The number of nitrogens with zero attached hydrogens (tertiary/aromatic N) is 2. The van der Waals surface area contributed by atoms with E-state index >= 15 is 0 Å². The Kier molecular flexibility index (Phi) is 4.95. The number of esters is 1. The van der Waals surface area contributed by atoms with E-state index in [0.29, 0.717) is 30.9 Å². The predicted octanol–water partition coefficient (Wildman–Crippen LogP) is 2.02. The highest BCUT2D eigenvalue weighted by Crippen LogP contribution is 2.27. The van der Waals surface area contributed by atoms with Crippen LogP contribution in [0, 0.1) is 6.92 Å². The summed E-state index contributed by atoms with van der Waals surface area (Å²) >= 11 is 1.42. The van der Waals surface area contributed by atoms with Crippen LogP contribution in [0.4, 0.5) is 0 Å². The van der Waals surface area contributed by atoms with Gasteiger partial charge in [0.25, 0.3) is 5.91 Å². The van der Waals surface area contributed by atoms with Gasteiger partial charge in [-0.3, -0.25) is 14.3 Å². The van der Waals surface area contributed by atoms with Crippen molar-refractivity contribution in [2.75, 3.05) is 13.2 Å². The molecule has 1 N–H and O–H groups in total. The Balaban J connectivity index is 1.88. The monoisotopic (exact) mass is 309 g/mol. The van der Waals surface area contributed by atoms with Gasteiger partial charge in [0, 0.05) is 25.4 Å². The second-order valence-corrected chi connectivity index (χ2v) is 5.73. The van der Waals surface area contributed by atoms with Gasteiger partial charge in [0.1, 0.15) is 4.83 Å². The topological polar surface area (TPSA) is 73.2 Å². The van der Waals surface area contributed by atoms with Crippen LogP contribution >= 0.6 is 11.3 Å². The number of aromatic nitrogens is 2. The number of hydrogen-bond acceptors (Lipinski definition) is 5. The number of fused-ring (bicyclic) bond motifs is 1. The fourth-order valence-electron chi connectivity index (χ4n) is 2.07. The summed E-state index contributed by atoms with van der Waals surface area (Å²) in [6.45, 7) is 4.55. The Labute approximate surface area is 127 Å². The summed E-state index contributed by atoms with van der Waals surface area (Å²) in [5.74, 6) is -0.338. The molecule has 0 bridgehead atoms. The lowest BCUT2D eigenvalue weighted by atomic mass is 10.3. The number of amides is 1. The molecule has 0 saturated heterocycles. The van der Waals surface area contributed by atoms with E-state index in [1.165, 1.54) is 11.3 Å². The lowest BCUT2D eigenvalue weighted by Crippen LogP contribution is -2.24. The van der Waals surface area contributed by atoms with Crippen LogP contribution in [0.1, 0.15) is 35.1 Å². The molecule has 2 aromatic heterocycles. The van der Waals surface area contributed by atoms with Gasteiger partial charge < -0.3 is 10.1 Å². The van der Waals surface area contributed by atoms with Crippen molar-refractivity contribution in [2.45, 2.75) is 26.7 Å². The van der Waals surface area contributed by atoms with Crippen LogP contribution in [0.5, 0.6) is 0 Å². The second kappa shape index (κ2) is 6.71.